The molecule has 3 rings (SSSR count). The molecule has 138 valence electrons. The SMILES string of the molecule is C=CC(=C)C.CCc1ccc(-c2ccc(-c3ccc(C)cc3)cc2C)cc1. The lowest BCUT2D eigenvalue weighted by molar-refractivity contribution is 1.14. The third-order valence-electron chi connectivity index (χ3n) is 4.63. The van der Waals surface area contributed by atoms with E-state index < -0.39 is 0 Å². The minimum absolute atomic E-state index is 1.02. The van der Waals surface area contributed by atoms with Gasteiger partial charge in [0, 0.05) is 0 Å². The molecule has 3 aromatic carbocycles. The van der Waals surface area contributed by atoms with Crippen molar-refractivity contribution in [2.75, 3.05) is 0 Å². The molecule has 3 aromatic rings. The van der Waals surface area contributed by atoms with Gasteiger partial charge in [0.1, 0.15) is 0 Å². The average molecular weight is 355 g/mol. The van der Waals surface area contributed by atoms with Crippen LogP contribution in [0.25, 0.3) is 22.3 Å². The van der Waals surface area contributed by atoms with Crippen molar-refractivity contribution in [3.05, 3.63) is 108 Å². The maximum atomic E-state index is 3.56. The van der Waals surface area contributed by atoms with Gasteiger partial charge in [-0.2, -0.15) is 0 Å². The summed E-state index contributed by atoms with van der Waals surface area (Å²) in [6.07, 6.45) is 2.81. The van der Waals surface area contributed by atoms with E-state index in [9.17, 15) is 0 Å². The second kappa shape index (κ2) is 9.73. The van der Waals surface area contributed by atoms with Crippen LogP contribution < -0.4 is 0 Å². The van der Waals surface area contributed by atoms with Crippen molar-refractivity contribution < 1.29 is 0 Å². The number of benzene rings is 3. The maximum Gasteiger partial charge on any atom is -0.0154 e. The summed E-state index contributed by atoms with van der Waals surface area (Å²) in [5.74, 6) is 0. The van der Waals surface area contributed by atoms with Crippen LogP contribution in [0.4, 0.5) is 0 Å². The van der Waals surface area contributed by atoms with E-state index in [1.165, 1.54) is 38.9 Å². The summed E-state index contributed by atoms with van der Waals surface area (Å²) in [5, 5.41) is 0. The highest BCUT2D eigenvalue weighted by molar-refractivity contribution is 5.73. The minimum Gasteiger partial charge on any atom is -0.0988 e. The van der Waals surface area contributed by atoms with Gasteiger partial charge >= 0.3 is 0 Å². The van der Waals surface area contributed by atoms with E-state index in [1.54, 1.807) is 6.08 Å². The molecule has 0 heteroatoms. The first-order valence-electron chi connectivity index (χ1n) is 9.49. The second-order valence-electron chi connectivity index (χ2n) is 7.00. The van der Waals surface area contributed by atoms with Crippen LogP contribution in [0.3, 0.4) is 0 Å². The van der Waals surface area contributed by atoms with Crippen LogP contribution >= 0.6 is 0 Å². The minimum atomic E-state index is 1.02. The van der Waals surface area contributed by atoms with Gasteiger partial charge in [0.25, 0.3) is 0 Å². The van der Waals surface area contributed by atoms with Crippen molar-refractivity contribution in [3.8, 4) is 22.3 Å². The average Bonchev–Trinajstić information content (AvgIpc) is 2.69. The van der Waals surface area contributed by atoms with Crippen LogP contribution in [-0.4, -0.2) is 0 Å². The predicted molar refractivity (Wildman–Crippen MR) is 121 cm³/mol. The molecule has 0 radical (unpaired) electrons. The first kappa shape index (κ1) is 20.5. The van der Waals surface area contributed by atoms with E-state index in [2.05, 4.69) is 101 Å². The molecule has 0 amide bonds. The number of aryl methyl sites for hydroxylation is 3. The number of hydrogen-bond donors (Lipinski definition) is 0. The van der Waals surface area contributed by atoms with Crippen LogP contribution in [0.15, 0.2) is 91.5 Å². The lowest BCUT2D eigenvalue weighted by atomic mass is 9.95. The highest BCUT2D eigenvalue weighted by atomic mass is 14.1. The van der Waals surface area contributed by atoms with Gasteiger partial charge in [0.15, 0.2) is 0 Å². The van der Waals surface area contributed by atoms with Gasteiger partial charge in [-0.25, -0.2) is 0 Å². The van der Waals surface area contributed by atoms with Crippen molar-refractivity contribution in [1.29, 1.82) is 0 Å². The van der Waals surface area contributed by atoms with Crippen molar-refractivity contribution in [2.24, 2.45) is 0 Å². The lowest BCUT2D eigenvalue weighted by Gasteiger charge is -2.10. The molecule has 0 heterocycles. The van der Waals surface area contributed by atoms with Crippen LogP contribution in [0.5, 0.6) is 0 Å². The van der Waals surface area contributed by atoms with E-state index in [4.69, 9.17) is 0 Å². The summed E-state index contributed by atoms with van der Waals surface area (Å²) in [6.45, 7) is 15.4. The summed E-state index contributed by atoms with van der Waals surface area (Å²) < 4.78 is 0. The van der Waals surface area contributed by atoms with Crippen molar-refractivity contribution in [2.45, 2.75) is 34.1 Å². The van der Waals surface area contributed by atoms with Gasteiger partial charge in [0.05, 0.1) is 0 Å². The number of allylic oxidation sites excluding steroid dienone is 2. The van der Waals surface area contributed by atoms with Crippen LogP contribution in [0, 0.1) is 13.8 Å². The molecular formula is C27H30. The van der Waals surface area contributed by atoms with Crippen LogP contribution in [0.1, 0.15) is 30.5 Å². The molecule has 27 heavy (non-hydrogen) atoms. The topological polar surface area (TPSA) is 0 Å². The maximum absolute atomic E-state index is 3.56. The third-order valence-corrected chi connectivity index (χ3v) is 4.63. The Bertz CT molecular complexity index is 894. The third kappa shape index (κ3) is 5.82. The molecule has 0 nitrogen and oxygen atoms in total. The fourth-order valence-electron chi connectivity index (χ4n) is 2.83. The van der Waals surface area contributed by atoms with Crippen molar-refractivity contribution in [1.82, 2.24) is 0 Å². The standard InChI is InChI=1S/C22H22.C5H8/c1-4-18-7-11-20(12-8-18)22-14-13-21(15-17(22)3)19-9-5-16(2)6-10-19;1-4-5(2)3/h5-15H,4H2,1-3H3;4H,1-2H2,3H3. The van der Waals surface area contributed by atoms with E-state index in [0.717, 1.165) is 12.0 Å². The van der Waals surface area contributed by atoms with Crippen LogP contribution in [0.2, 0.25) is 0 Å². The fourth-order valence-corrected chi connectivity index (χ4v) is 2.83. The van der Waals surface area contributed by atoms with E-state index in [1.807, 2.05) is 6.92 Å². The molecule has 0 aliphatic rings. The Labute approximate surface area is 164 Å². The largest absolute Gasteiger partial charge is 0.0988 e. The lowest BCUT2D eigenvalue weighted by Crippen LogP contribution is -1.87. The summed E-state index contributed by atoms with van der Waals surface area (Å²) in [5.41, 5.74) is 10.2. The molecule has 0 saturated heterocycles. The van der Waals surface area contributed by atoms with Gasteiger partial charge < -0.3 is 0 Å². The Kier molecular flexibility index (Phi) is 7.37. The monoisotopic (exact) mass is 354 g/mol. The van der Waals surface area contributed by atoms with Gasteiger partial charge in [-0.15, -0.1) is 0 Å². The molecule has 0 aromatic heterocycles. The molecule has 0 unspecified atom stereocenters. The van der Waals surface area contributed by atoms with E-state index >= 15 is 0 Å². The molecule has 0 N–H and O–H groups in total. The highest BCUT2D eigenvalue weighted by Crippen LogP contribution is 2.29. The van der Waals surface area contributed by atoms with Gasteiger partial charge in [-0.1, -0.05) is 104 Å². The molecule has 0 spiro atoms. The Balaban J connectivity index is 0.000000465. The van der Waals surface area contributed by atoms with Gasteiger partial charge in [-0.3, -0.25) is 0 Å². The van der Waals surface area contributed by atoms with Gasteiger partial charge in [-0.05, 0) is 60.6 Å². The first-order chi connectivity index (χ1) is 12.9. The molecule has 0 aliphatic heterocycles. The van der Waals surface area contributed by atoms with E-state index in [-0.39, 0.29) is 0 Å². The molecule has 0 atom stereocenters. The molecule has 0 saturated carbocycles. The summed E-state index contributed by atoms with van der Waals surface area (Å²) in [7, 11) is 0. The Morgan fingerprint density at radius 1 is 0.815 bits per heavy atom. The second-order valence-corrected chi connectivity index (χ2v) is 7.00. The summed E-state index contributed by atoms with van der Waals surface area (Å²) in [4.78, 5) is 0. The van der Waals surface area contributed by atoms with Crippen molar-refractivity contribution in [3.63, 3.8) is 0 Å². The zero-order valence-electron chi connectivity index (χ0n) is 17.0. The normalized spacial score (nSPS) is 9.93. The zero-order valence-corrected chi connectivity index (χ0v) is 17.0. The molecule has 0 bridgehead atoms. The Morgan fingerprint density at radius 2 is 1.33 bits per heavy atom. The van der Waals surface area contributed by atoms with Crippen LogP contribution in [-0.2, 0) is 6.42 Å². The zero-order chi connectivity index (χ0) is 19.8. The highest BCUT2D eigenvalue weighted by Gasteiger charge is 2.05. The smallest absolute Gasteiger partial charge is 0.0154 e. The quantitative estimate of drug-likeness (QED) is 0.417. The Hall–Kier alpha value is -2.86. The molecule has 0 aliphatic carbocycles. The van der Waals surface area contributed by atoms with Gasteiger partial charge in [0.2, 0.25) is 0 Å². The summed E-state index contributed by atoms with van der Waals surface area (Å²) >= 11 is 0. The van der Waals surface area contributed by atoms with E-state index in [0.29, 0.717) is 0 Å². The molecular weight excluding hydrogens is 324 g/mol. The Morgan fingerprint density at radius 3 is 1.81 bits per heavy atom. The fraction of sp³-hybridized carbons (Fsp3) is 0.185. The number of hydrogen-bond acceptors (Lipinski definition) is 0. The molecule has 0 fully saturated rings. The summed E-state index contributed by atoms with van der Waals surface area (Å²) in [6, 6.07) is 24.4. The number of rotatable bonds is 4. The van der Waals surface area contributed by atoms with Crippen molar-refractivity contribution >= 4 is 0 Å². The first-order valence-corrected chi connectivity index (χ1v) is 9.49. The predicted octanol–water partition coefficient (Wildman–Crippen LogP) is 7.95.